The maximum Gasteiger partial charge on any atom is 0.408 e. The van der Waals surface area contributed by atoms with Crippen LogP contribution in [-0.2, 0) is 4.74 Å². The first-order valence-corrected chi connectivity index (χ1v) is 7.30. The van der Waals surface area contributed by atoms with Gasteiger partial charge in [0, 0.05) is 0 Å². The lowest BCUT2D eigenvalue weighted by Crippen LogP contribution is -2.35. The molecule has 1 atom stereocenters. The van der Waals surface area contributed by atoms with E-state index in [2.05, 4.69) is 10.3 Å². The first kappa shape index (κ1) is 16.9. The molecule has 2 aromatic rings. The van der Waals surface area contributed by atoms with Crippen LogP contribution in [-0.4, -0.2) is 16.7 Å². The van der Waals surface area contributed by atoms with E-state index in [0.717, 1.165) is 6.07 Å². The number of benzene rings is 1. The summed E-state index contributed by atoms with van der Waals surface area (Å²) >= 11 is 0. The number of carbonyl (C=O) groups excluding carboxylic acids is 1. The fraction of sp³-hybridized carbons (Fsp3) is 0.438. The standard InChI is InChI=1S/C16H19FN2O4/c1-5-10(19-15(21)23-16(2,3)4)13-18-11-8-6-7-9(17)12(11)14(20)22-13/h6-8,10H,5H2,1-4H3,(H,19,21)/t10-/m0/s1. The first-order valence-electron chi connectivity index (χ1n) is 7.30. The molecule has 1 heterocycles. The van der Waals surface area contributed by atoms with E-state index < -0.39 is 29.2 Å². The number of hydrogen-bond acceptors (Lipinski definition) is 5. The van der Waals surface area contributed by atoms with Crippen LogP contribution in [0.5, 0.6) is 0 Å². The van der Waals surface area contributed by atoms with Crippen LogP contribution in [0.4, 0.5) is 9.18 Å². The van der Waals surface area contributed by atoms with Gasteiger partial charge in [-0.3, -0.25) is 0 Å². The highest BCUT2D eigenvalue weighted by atomic mass is 19.1. The number of halogens is 1. The zero-order chi connectivity index (χ0) is 17.2. The van der Waals surface area contributed by atoms with Crippen LogP contribution >= 0.6 is 0 Å². The van der Waals surface area contributed by atoms with Gasteiger partial charge in [0.05, 0.1) is 5.52 Å². The van der Waals surface area contributed by atoms with E-state index in [0.29, 0.717) is 6.42 Å². The smallest absolute Gasteiger partial charge is 0.408 e. The van der Waals surface area contributed by atoms with Gasteiger partial charge < -0.3 is 14.5 Å². The van der Waals surface area contributed by atoms with Crippen molar-refractivity contribution in [3.05, 3.63) is 40.3 Å². The van der Waals surface area contributed by atoms with Gasteiger partial charge in [0.1, 0.15) is 22.8 Å². The number of rotatable bonds is 3. The zero-order valence-corrected chi connectivity index (χ0v) is 13.5. The van der Waals surface area contributed by atoms with Crippen molar-refractivity contribution in [2.24, 2.45) is 0 Å². The highest BCUT2D eigenvalue weighted by molar-refractivity contribution is 5.77. The molecular weight excluding hydrogens is 303 g/mol. The topological polar surface area (TPSA) is 81.4 Å². The largest absolute Gasteiger partial charge is 0.444 e. The summed E-state index contributed by atoms with van der Waals surface area (Å²) in [6, 6.07) is 3.48. The lowest BCUT2D eigenvalue weighted by molar-refractivity contribution is 0.0493. The number of nitrogens with one attached hydrogen (secondary N) is 1. The third-order valence-electron chi connectivity index (χ3n) is 3.02. The number of amides is 1. The molecule has 0 saturated heterocycles. The Hall–Kier alpha value is -2.44. The molecule has 6 nitrogen and oxygen atoms in total. The summed E-state index contributed by atoms with van der Waals surface area (Å²) in [5.74, 6) is -0.676. The Morgan fingerprint density at radius 3 is 2.74 bits per heavy atom. The number of aromatic nitrogens is 1. The van der Waals surface area contributed by atoms with E-state index in [1.165, 1.54) is 12.1 Å². The van der Waals surface area contributed by atoms with E-state index >= 15 is 0 Å². The van der Waals surface area contributed by atoms with Crippen molar-refractivity contribution in [2.75, 3.05) is 0 Å². The Morgan fingerprint density at radius 2 is 2.13 bits per heavy atom. The van der Waals surface area contributed by atoms with Crippen LogP contribution in [0.3, 0.4) is 0 Å². The molecule has 1 N–H and O–H groups in total. The summed E-state index contributed by atoms with van der Waals surface area (Å²) in [4.78, 5) is 28.0. The predicted octanol–water partition coefficient (Wildman–Crippen LogP) is 3.30. The second-order valence-corrected chi connectivity index (χ2v) is 6.08. The van der Waals surface area contributed by atoms with Gasteiger partial charge in [-0.2, -0.15) is 0 Å². The molecule has 0 unspecified atom stereocenters. The second-order valence-electron chi connectivity index (χ2n) is 6.08. The molecule has 0 bridgehead atoms. The Morgan fingerprint density at radius 1 is 1.43 bits per heavy atom. The fourth-order valence-corrected chi connectivity index (χ4v) is 2.03. The third-order valence-corrected chi connectivity index (χ3v) is 3.02. The van der Waals surface area contributed by atoms with Gasteiger partial charge in [-0.1, -0.05) is 13.0 Å². The van der Waals surface area contributed by atoms with Crippen LogP contribution in [0.1, 0.15) is 46.0 Å². The average Bonchev–Trinajstić information content (AvgIpc) is 2.42. The van der Waals surface area contributed by atoms with E-state index in [9.17, 15) is 14.0 Å². The van der Waals surface area contributed by atoms with Crippen LogP contribution < -0.4 is 10.9 Å². The first-order chi connectivity index (χ1) is 10.7. The number of alkyl carbamates (subject to hydrolysis) is 1. The molecule has 1 aromatic carbocycles. The van der Waals surface area contributed by atoms with Gasteiger partial charge in [0.15, 0.2) is 0 Å². The van der Waals surface area contributed by atoms with Crippen LogP contribution in [0, 0.1) is 5.82 Å². The molecule has 23 heavy (non-hydrogen) atoms. The lowest BCUT2D eigenvalue weighted by atomic mass is 10.2. The third kappa shape index (κ3) is 4.06. The van der Waals surface area contributed by atoms with Crippen molar-refractivity contribution in [3.8, 4) is 0 Å². The minimum absolute atomic E-state index is 0.0152. The summed E-state index contributed by atoms with van der Waals surface area (Å²) < 4.78 is 23.9. The number of carbonyl (C=O) groups is 1. The molecule has 0 aliphatic rings. The Labute approximate surface area is 132 Å². The number of fused-ring (bicyclic) bond motifs is 1. The van der Waals surface area contributed by atoms with Crippen molar-refractivity contribution >= 4 is 17.0 Å². The number of ether oxygens (including phenoxy) is 1. The maximum absolute atomic E-state index is 13.7. The van der Waals surface area contributed by atoms with Crippen molar-refractivity contribution in [1.82, 2.24) is 10.3 Å². The van der Waals surface area contributed by atoms with Crippen LogP contribution in [0.25, 0.3) is 10.9 Å². The minimum atomic E-state index is -0.826. The molecule has 1 aromatic heterocycles. The molecule has 0 fully saturated rings. The molecule has 124 valence electrons. The summed E-state index contributed by atoms with van der Waals surface area (Å²) in [7, 11) is 0. The van der Waals surface area contributed by atoms with Gasteiger partial charge >= 0.3 is 11.7 Å². The fourth-order valence-electron chi connectivity index (χ4n) is 2.03. The van der Waals surface area contributed by atoms with Gasteiger partial charge in [0.25, 0.3) is 0 Å². The number of hydrogen-bond donors (Lipinski definition) is 1. The van der Waals surface area contributed by atoms with Gasteiger partial charge in [-0.25, -0.2) is 19.0 Å². The van der Waals surface area contributed by atoms with Crippen molar-refractivity contribution in [3.63, 3.8) is 0 Å². The molecule has 2 rings (SSSR count). The Balaban J connectivity index is 2.34. The molecule has 0 spiro atoms. The molecule has 0 saturated carbocycles. The lowest BCUT2D eigenvalue weighted by Gasteiger charge is -2.22. The van der Waals surface area contributed by atoms with Crippen LogP contribution in [0.2, 0.25) is 0 Å². The summed E-state index contributed by atoms with van der Waals surface area (Å²) in [6.07, 6.45) is -0.219. The zero-order valence-electron chi connectivity index (χ0n) is 13.5. The number of nitrogens with zero attached hydrogens (tertiary/aromatic N) is 1. The van der Waals surface area contributed by atoms with E-state index in [4.69, 9.17) is 9.15 Å². The quantitative estimate of drug-likeness (QED) is 0.937. The summed E-state index contributed by atoms with van der Waals surface area (Å²) in [5.41, 5.74) is -1.29. The van der Waals surface area contributed by atoms with Gasteiger partial charge in [0.2, 0.25) is 5.89 Å². The predicted molar refractivity (Wildman–Crippen MR) is 82.6 cm³/mol. The summed E-state index contributed by atoms with van der Waals surface area (Å²) in [6.45, 7) is 7.01. The van der Waals surface area contributed by atoms with E-state index in [-0.39, 0.29) is 16.8 Å². The molecule has 0 radical (unpaired) electrons. The maximum atomic E-state index is 13.7. The van der Waals surface area contributed by atoms with Gasteiger partial charge in [-0.05, 0) is 39.3 Å². The summed E-state index contributed by atoms with van der Waals surface area (Å²) in [5, 5.41) is 2.39. The van der Waals surface area contributed by atoms with E-state index in [1.54, 1.807) is 27.7 Å². The SMILES string of the molecule is CC[C@H](NC(=O)OC(C)(C)C)c1nc2cccc(F)c2c(=O)o1. The van der Waals surface area contributed by atoms with Crippen molar-refractivity contribution < 1.29 is 18.3 Å². The highest BCUT2D eigenvalue weighted by Crippen LogP contribution is 2.18. The van der Waals surface area contributed by atoms with Crippen LogP contribution in [0.15, 0.2) is 27.4 Å². The second kappa shape index (κ2) is 6.36. The normalized spacial score (nSPS) is 12.9. The monoisotopic (exact) mass is 322 g/mol. The molecule has 0 aliphatic carbocycles. The minimum Gasteiger partial charge on any atom is -0.444 e. The molecule has 0 aliphatic heterocycles. The molecule has 1 amide bonds. The molecule has 7 heteroatoms. The molecular formula is C16H19FN2O4. The van der Waals surface area contributed by atoms with Crippen molar-refractivity contribution in [1.29, 1.82) is 0 Å². The average molecular weight is 322 g/mol. The van der Waals surface area contributed by atoms with Gasteiger partial charge in [-0.15, -0.1) is 0 Å². The Kier molecular flexibility index (Phi) is 4.68. The Bertz CT molecular complexity index is 780. The highest BCUT2D eigenvalue weighted by Gasteiger charge is 2.23. The van der Waals surface area contributed by atoms with Crippen molar-refractivity contribution in [2.45, 2.75) is 45.8 Å². The van der Waals surface area contributed by atoms with E-state index in [1.807, 2.05) is 0 Å².